The molecule has 0 unspecified atom stereocenters. The van der Waals surface area contributed by atoms with E-state index in [0.29, 0.717) is 29.2 Å². The molecule has 0 radical (unpaired) electrons. The number of nitrogens with two attached hydrogens (primary N) is 1. The van der Waals surface area contributed by atoms with Crippen molar-refractivity contribution in [1.29, 1.82) is 0 Å². The van der Waals surface area contributed by atoms with Crippen LogP contribution in [0.15, 0.2) is 23.6 Å². The zero-order valence-corrected chi connectivity index (χ0v) is 15.5. The third-order valence-corrected chi connectivity index (χ3v) is 5.15. The molecule has 0 amide bonds. The van der Waals surface area contributed by atoms with Gasteiger partial charge in [0.15, 0.2) is 22.3 Å². The molecule has 9 nitrogen and oxygen atoms in total. The van der Waals surface area contributed by atoms with Crippen molar-refractivity contribution in [2.24, 2.45) is 0 Å². The zero-order chi connectivity index (χ0) is 19.1. The molecule has 2 aromatic heterocycles. The molecule has 0 aromatic carbocycles. The fraction of sp³-hybridized carbons (Fsp3) is 0.562. The van der Waals surface area contributed by atoms with Gasteiger partial charge in [-0.05, 0) is 19.6 Å². The lowest BCUT2D eigenvalue weighted by molar-refractivity contribution is -0.150. The standard InChI is InChI=1S/C16H23N5O4S/c1-8(2)4-5-16(12(24)11(23)9(6-22)25-16)21-7-18-10-13(17)19-15(26-3)20-14(10)21/h7,9,11-12,22-24H,1,4-6H2,2-3H3,(H2,17,19,20)/t9-,11-,12-,16-/m1/s1. The first-order chi connectivity index (χ1) is 12.3. The van der Waals surface area contributed by atoms with E-state index in [9.17, 15) is 15.3 Å². The molecule has 4 atom stereocenters. The zero-order valence-electron chi connectivity index (χ0n) is 14.7. The van der Waals surface area contributed by atoms with Crippen molar-refractivity contribution in [1.82, 2.24) is 19.5 Å². The van der Waals surface area contributed by atoms with Crippen LogP contribution in [0.2, 0.25) is 0 Å². The lowest BCUT2D eigenvalue weighted by Gasteiger charge is -2.34. The Bertz CT molecular complexity index is 828. The molecular formula is C16H23N5O4S. The number of anilines is 1. The molecule has 1 saturated heterocycles. The summed E-state index contributed by atoms with van der Waals surface area (Å²) >= 11 is 1.33. The molecular weight excluding hydrogens is 358 g/mol. The molecule has 0 bridgehead atoms. The second-order valence-electron chi connectivity index (χ2n) is 6.46. The molecule has 2 aromatic rings. The van der Waals surface area contributed by atoms with Gasteiger partial charge in [0.2, 0.25) is 0 Å². The van der Waals surface area contributed by atoms with Gasteiger partial charge in [-0.15, -0.1) is 6.58 Å². The van der Waals surface area contributed by atoms with Crippen LogP contribution in [0.25, 0.3) is 11.2 Å². The molecule has 0 saturated carbocycles. The number of rotatable bonds is 6. The van der Waals surface area contributed by atoms with E-state index in [-0.39, 0.29) is 5.82 Å². The van der Waals surface area contributed by atoms with Crippen LogP contribution in [0.4, 0.5) is 5.82 Å². The summed E-state index contributed by atoms with van der Waals surface area (Å²) in [5, 5.41) is 31.1. The largest absolute Gasteiger partial charge is 0.394 e. The molecule has 10 heteroatoms. The highest BCUT2D eigenvalue weighted by atomic mass is 32.2. The summed E-state index contributed by atoms with van der Waals surface area (Å²) < 4.78 is 7.54. The summed E-state index contributed by atoms with van der Waals surface area (Å²) in [6, 6.07) is 0. The van der Waals surface area contributed by atoms with E-state index in [4.69, 9.17) is 10.5 Å². The Balaban J connectivity index is 2.18. The fourth-order valence-corrected chi connectivity index (χ4v) is 3.57. The van der Waals surface area contributed by atoms with Gasteiger partial charge in [-0.1, -0.05) is 17.3 Å². The minimum Gasteiger partial charge on any atom is -0.394 e. The first kappa shape index (κ1) is 19.1. The SMILES string of the molecule is C=C(C)CC[C@@]1(n2cnc3c(N)nc(SC)nc32)O[C@H](CO)[C@@H](O)[C@H]1O. The first-order valence-corrected chi connectivity index (χ1v) is 9.40. The van der Waals surface area contributed by atoms with Crippen molar-refractivity contribution in [3.8, 4) is 0 Å². The number of hydrogen-bond acceptors (Lipinski definition) is 9. The van der Waals surface area contributed by atoms with Gasteiger partial charge >= 0.3 is 0 Å². The van der Waals surface area contributed by atoms with E-state index < -0.39 is 30.6 Å². The van der Waals surface area contributed by atoms with Gasteiger partial charge in [0, 0.05) is 6.42 Å². The number of fused-ring (bicyclic) bond motifs is 1. The molecule has 1 aliphatic rings. The van der Waals surface area contributed by atoms with Crippen LogP contribution in [0.3, 0.4) is 0 Å². The Morgan fingerprint density at radius 3 is 2.77 bits per heavy atom. The van der Waals surface area contributed by atoms with Crippen molar-refractivity contribution < 1.29 is 20.1 Å². The van der Waals surface area contributed by atoms with Crippen molar-refractivity contribution in [2.75, 3.05) is 18.6 Å². The maximum atomic E-state index is 10.8. The quantitative estimate of drug-likeness (QED) is 0.315. The third kappa shape index (κ3) is 2.97. The molecule has 1 fully saturated rings. The fourth-order valence-electron chi connectivity index (χ4n) is 3.21. The number of aromatic nitrogens is 4. The Kier molecular flexibility index (Phi) is 5.22. The Labute approximate surface area is 154 Å². The topological polar surface area (TPSA) is 140 Å². The highest BCUT2D eigenvalue weighted by molar-refractivity contribution is 7.98. The normalized spacial score (nSPS) is 28.7. The smallest absolute Gasteiger partial charge is 0.191 e. The monoisotopic (exact) mass is 381 g/mol. The summed E-state index contributed by atoms with van der Waals surface area (Å²) in [4.78, 5) is 12.9. The van der Waals surface area contributed by atoms with E-state index in [1.54, 1.807) is 4.57 Å². The molecule has 0 spiro atoms. The summed E-state index contributed by atoms with van der Waals surface area (Å²) in [5.41, 5.74) is 6.30. The molecule has 142 valence electrons. The number of aliphatic hydroxyl groups is 3. The van der Waals surface area contributed by atoms with Gasteiger partial charge in [0.05, 0.1) is 12.9 Å². The van der Waals surface area contributed by atoms with Gasteiger partial charge in [-0.25, -0.2) is 15.0 Å². The average molecular weight is 381 g/mol. The predicted molar refractivity (Wildman–Crippen MR) is 97.5 cm³/mol. The number of thioether (sulfide) groups is 1. The molecule has 1 aliphatic heterocycles. The lowest BCUT2D eigenvalue weighted by atomic mass is 9.95. The Morgan fingerprint density at radius 2 is 2.19 bits per heavy atom. The summed E-state index contributed by atoms with van der Waals surface area (Å²) in [7, 11) is 0. The van der Waals surface area contributed by atoms with E-state index in [1.165, 1.54) is 18.1 Å². The number of nitrogens with zero attached hydrogens (tertiary/aromatic N) is 4. The summed E-state index contributed by atoms with van der Waals surface area (Å²) in [6.07, 6.45) is 0.691. The highest BCUT2D eigenvalue weighted by Gasteiger charge is 2.55. The van der Waals surface area contributed by atoms with E-state index in [2.05, 4.69) is 21.5 Å². The van der Waals surface area contributed by atoms with Crippen LogP contribution in [0.5, 0.6) is 0 Å². The van der Waals surface area contributed by atoms with Crippen LogP contribution >= 0.6 is 11.8 Å². The Morgan fingerprint density at radius 1 is 1.46 bits per heavy atom. The van der Waals surface area contributed by atoms with E-state index in [0.717, 1.165) is 5.57 Å². The van der Waals surface area contributed by atoms with Crippen LogP contribution in [-0.4, -0.2) is 66.0 Å². The minimum absolute atomic E-state index is 0.222. The van der Waals surface area contributed by atoms with Crippen molar-refractivity contribution >= 4 is 28.7 Å². The number of allylic oxidation sites excluding steroid dienone is 1. The second-order valence-corrected chi connectivity index (χ2v) is 7.23. The van der Waals surface area contributed by atoms with E-state index in [1.807, 2.05) is 13.2 Å². The highest BCUT2D eigenvalue weighted by Crippen LogP contribution is 2.41. The molecule has 5 N–H and O–H groups in total. The number of ether oxygens (including phenoxy) is 1. The molecule has 3 rings (SSSR count). The second kappa shape index (κ2) is 7.12. The van der Waals surface area contributed by atoms with Crippen LogP contribution < -0.4 is 5.73 Å². The van der Waals surface area contributed by atoms with Crippen molar-refractivity contribution in [3.05, 3.63) is 18.5 Å². The maximum absolute atomic E-state index is 10.8. The van der Waals surface area contributed by atoms with Gasteiger partial charge in [-0.2, -0.15) is 0 Å². The van der Waals surface area contributed by atoms with Crippen molar-refractivity contribution in [3.63, 3.8) is 0 Å². The van der Waals surface area contributed by atoms with E-state index >= 15 is 0 Å². The Hall–Kier alpha value is -1.72. The van der Waals surface area contributed by atoms with Gasteiger partial charge in [-0.3, -0.25) is 4.57 Å². The number of imidazole rings is 1. The first-order valence-electron chi connectivity index (χ1n) is 8.18. The van der Waals surface area contributed by atoms with Gasteiger partial charge < -0.3 is 25.8 Å². The lowest BCUT2D eigenvalue weighted by Crippen LogP contribution is -2.45. The molecule has 26 heavy (non-hydrogen) atoms. The number of aliphatic hydroxyl groups excluding tert-OH is 3. The third-order valence-electron chi connectivity index (χ3n) is 4.60. The van der Waals surface area contributed by atoms with Crippen LogP contribution in [0.1, 0.15) is 19.8 Å². The summed E-state index contributed by atoms with van der Waals surface area (Å²) in [5.74, 6) is 0.222. The maximum Gasteiger partial charge on any atom is 0.191 e. The van der Waals surface area contributed by atoms with Crippen LogP contribution in [-0.2, 0) is 10.5 Å². The summed E-state index contributed by atoms with van der Waals surface area (Å²) in [6.45, 7) is 5.34. The average Bonchev–Trinajstić information content (AvgIpc) is 3.15. The number of nitrogen functional groups attached to an aromatic ring is 1. The molecule has 0 aliphatic carbocycles. The number of hydrogen-bond donors (Lipinski definition) is 4. The van der Waals surface area contributed by atoms with Crippen LogP contribution in [0, 0.1) is 0 Å². The predicted octanol–water partition coefficient (Wildman–Crippen LogP) is 0.252. The van der Waals surface area contributed by atoms with Gasteiger partial charge in [0.1, 0.15) is 23.8 Å². The minimum atomic E-state index is -1.35. The van der Waals surface area contributed by atoms with Crippen molar-refractivity contribution in [2.45, 2.75) is 49.0 Å². The molecule has 3 heterocycles. The van der Waals surface area contributed by atoms with Gasteiger partial charge in [0.25, 0.3) is 0 Å².